The predicted molar refractivity (Wildman–Crippen MR) is 458 cm³/mol. The number of fused-ring (bicyclic) bond motifs is 3. The smallest absolute Gasteiger partial charge is 0.328 e. The van der Waals surface area contributed by atoms with Crippen LogP contribution in [0.5, 0.6) is 11.5 Å². The van der Waals surface area contributed by atoms with E-state index < -0.39 is 13.7 Å². The van der Waals surface area contributed by atoms with Crippen LogP contribution in [0.4, 0.5) is 0 Å². The molecule has 0 amide bonds. The molecule has 107 heavy (non-hydrogen) atoms. The highest BCUT2D eigenvalue weighted by molar-refractivity contribution is 7.20. The maximum Gasteiger partial charge on any atom is 0.328 e. The predicted octanol–water partition coefficient (Wildman–Crippen LogP) is 21.6. The highest BCUT2D eigenvalue weighted by atomic mass is 32.1. The summed E-state index contributed by atoms with van der Waals surface area (Å²) in [6, 6.07) is 79.6. The number of nitriles is 1. The van der Waals surface area contributed by atoms with E-state index in [-0.39, 0.29) is 21.7 Å². The monoisotopic (exact) mass is 1450 g/mol. The number of benzene rings is 8. The normalized spacial score (nSPS) is 14.6. The Morgan fingerprint density at radius 1 is 0.458 bits per heavy atom. The molecule has 0 saturated carbocycles. The first kappa shape index (κ1) is 77.4. The number of ether oxygens (including phenoxy) is 2. The molecule has 0 spiro atoms. The van der Waals surface area contributed by atoms with Gasteiger partial charge in [-0.25, -0.2) is 14.8 Å². The third kappa shape index (κ3) is 18.3. The van der Waals surface area contributed by atoms with Crippen molar-refractivity contribution in [2.75, 3.05) is 13.2 Å². The molecule has 0 aliphatic rings. The molecule has 548 valence electrons. The lowest BCUT2D eigenvalue weighted by Crippen LogP contribution is -2.54. The summed E-state index contributed by atoms with van der Waals surface area (Å²) in [5.74, 6) is 4.26. The van der Waals surface area contributed by atoms with Crippen molar-refractivity contribution in [3.8, 4) is 40.1 Å². The van der Waals surface area contributed by atoms with Crippen molar-refractivity contribution >= 4 is 101 Å². The van der Waals surface area contributed by atoms with Gasteiger partial charge in [-0.1, -0.05) is 285 Å². The summed E-state index contributed by atoms with van der Waals surface area (Å²) < 4.78 is 21.1. The number of nitrogens with zero attached hydrogens (tertiary/aromatic N) is 6. The van der Waals surface area contributed by atoms with Gasteiger partial charge in [-0.3, -0.25) is 0 Å². The summed E-state index contributed by atoms with van der Waals surface area (Å²) in [5, 5.41) is 16.9. The molecule has 8 aromatic carbocycles. The number of rotatable bonds is 27. The van der Waals surface area contributed by atoms with Crippen molar-refractivity contribution in [2.45, 2.75) is 156 Å². The Morgan fingerprint density at radius 2 is 0.822 bits per heavy atom. The number of thiazole rings is 2. The summed E-state index contributed by atoms with van der Waals surface area (Å²) in [6.07, 6.45) is 7.78. The van der Waals surface area contributed by atoms with Gasteiger partial charge in [0, 0.05) is 27.5 Å². The van der Waals surface area contributed by atoms with Crippen molar-refractivity contribution in [2.24, 2.45) is 57.2 Å². The molecule has 4 heterocycles. The molecular weight excluding hydrogens is 1340 g/mol. The molecule has 12 aromatic rings. The van der Waals surface area contributed by atoms with Gasteiger partial charge < -0.3 is 18.4 Å². The third-order valence-corrected chi connectivity index (χ3v) is 24.0. The van der Waals surface area contributed by atoms with Gasteiger partial charge in [-0.2, -0.15) is 5.26 Å². The van der Waals surface area contributed by atoms with Crippen LogP contribution in [0, 0.1) is 75.1 Å². The van der Waals surface area contributed by atoms with E-state index >= 15 is 0 Å². The Morgan fingerprint density at radius 3 is 1.21 bits per heavy atom. The number of para-hydroxylation sites is 2. The van der Waals surface area contributed by atoms with Crippen molar-refractivity contribution in [1.82, 2.24) is 18.9 Å². The minimum Gasteiger partial charge on any atom is -0.493 e. The lowest BCUT2D eigenvalue weighted by molar-refractivity contribution is 0.139. The zero-order chi connectivity index (χ0) is 76.0. The molecule has 0 aliphatic carbocycles. The van der Waals surface area contributed by atoms with Crippen LogP contribution in [0.3, 0.4) is 0 Å². The lowest BCUT2D eigenvalue weighted by atomic mass is 9.50. The molecule has 8 nitrogen and oxygen atoms in total. The summed E-state index contributed by atoms with van der Waals surface area (Å²) in [6.45, 7) is 48.0. The van der Waals surface area contributed by atoms with E-state index in [0.717, 1.165) is 126 Å². The van der Waals surface area contributed by atoms with E-state index in [1.54, 1.807) is 0 Å². The number of aromatic nitrogens is 4. The van der Waals surface area contributed by atoms with Crippen LogP contribution >= 0.6 is 22.7 Å². The van der Waals surface area contributed by atoms with Crippen LogP contribution in [0.2, 0.25) is 0 Å². The number of hydrogen-bond acceptors (Lipinski definition) is 7. The lowest BCUT2D eigenvalue weighted by Gasteiger charge is -2.33. The third-order valence-electron chi connectivity index (χ3n) is 21.9. The maximum absolute atomic E-state index is 12.7. The standard InChI is InChI=1S/C95H108B2N6O2S2/c1-64(58-92(5,6)7)46-48-70(65(2)59-93(8,9)10)62-104-76-56-52-69(53-57-76)87-84-83(88(78(61-98)90-100-79-42-30-32-44-81(79)106-90)102(87)96(72-34-22-18-23-35-72)73-36-24-19-25-37-73)86(68-50-54-77(55-51-68)105-63-71(66(3)60-94(11,12)13)49-47-67(4)95(14,15)16)103(97(74-38-26-20-27-39-74)75-40-28-21-29-41-75)89(84)85(99-17)91-101-80-43-31-33-45-82(80)107-91/h18-45,50-57,64-67,70-71H,46-49,58-60,62-63H2,1-16H3/b88-78-,89-85+. The molecule has 0 bridgehead atoms. The topological polar surface area (TPSA) is 82.2 Å². The van der Waals surface area contributed by atoms with Crippen LogP contribution in [0.25, 0.3) is 69.8 Å². The minimum absolute atomic E-state index is 0.162. The molecule has 0 aliphatic heterocycles. The van der Waals surface area contributed by atoms with E-state index in [1.165, 1.54) is 29.1 Å². The molecule has 12 rings (SSSR count). The van der Waals surface area contributed by atoms with Crippen LogP contribution in [0.1, 0.15) is 166 Å². The zero-order valence-corrected chi connectivity index (χ0v) is 67.7. The SMILES string of the molecule is [C-]#[N+]/C(c1nc2ccccc2s1)=c1\c2c(-c3ccc(OCC(CCC(C)CC(C)(C)C)C(C)CC(C)(C)C)cc3)n(B(c3ccccc3)c3ccccc3)/c(=C(/C#N)c3nc4ccccc4s3)c2c(-c2ccc(OCC(CCC(C)C(C)(C)C)C(C)CC(C)(C)C)cc2)n1B(c1ccccc1)c1ccccc1. The highest BCUT2D eigenvalue weighted by Crippen LogP contribution is 2.42. The van der Waals surface area contributed by atoms with Gasteiger partial charge in [0.15, 0.2) is 0 Å². The fourth-order valence-corrected chi connectivity index (χ4v) is 18.5. The van der Waals surface area contributed by atoms with E-state index in [2.05, 4.69) is 308 Å². The first-order chi connectivity index (χ1) is 51.1. The molecule has 12 heteroatoms. The second-order valence-electron chi connectivity index (χ2n) is 35.2. The fraction of sp³-hybridized carbons (Fsp3) is 0.368. The first-order valence-electron chi connectivity index (χ1n) is 38.9. The molecule has 0 fully saturated rings. The van der Waals surface area contributed by atoms with E-state index in [0.29, 0.717) is 80.7 Å². The Kier molecular flexibility index (Phi) is 24.0. The van der Waals surface area contributed by atoms with Gasteiger partial charge in [-0.05, 0) is 180 Å². The fourth-order valence-electron chi connectivity index (χ4n) is 16.5. The summed E-state index contributed by atoms with van der Waals surface area (Å²) in [5.41, 5.74) is 10.7. The molecule has 0 radical (unpaired) electrons. The molecule has 6 unspecified atom stereocenters. The zero-order valence-electron chi connectivity index (χ0n) is 66.1. The van der Waals surface area contributed by atoms with Gasteiger partial charge in [0.05, 0.1) is 45.6 Å². The van der Waals surface area contributed by atoms with Crippen molar-refractivity contribution in [1.29, 1.82) is 5.26 Å². The highest BCUT2D eigenvalue weighted by Gasteiger charge is 2.39. The van der Waals surface area contributed by atoms with Crippen LogP contribution in [-0.2, 0) is 0 Å². The van der Waals surface area contributed by atoms with E-state index in [1.807, 2.05) is 36.4 Å². The van der Waals surface area contributed by atoms with Crippen molar-refractivity contribution < 1.29 is 9.47 Å². The number of hydrogen-bond donors (Lipinski definition) is 0. The van der Waals surface area contributed by atoms with Gasteiger partial charge in [0.25, 0.3) is 0 Å². The van der Waals surface area contributed by atoms with E-state index in [9.17, 15) is 11.8 Å². The average molecular weight is 1450 g/mol. The first-order valence-corrected chi connectivity index (χ1v) is 40.5. The minimum atomic E-state index is -0.544. The van der Waals surface area contributed by atoms with Gasteiger partial charge in [-0.15, -0.1) is 22.7 Å². The van der Waals surface area contributed by atoms with Gasteiger partial charge in [0.2, 0.25) is 5.70 Å². The quantitative estimate of drug-likeness (QED) is 0.0378. The largest absolute Gasteiger partial charge is 0.493 e. The Bertz CT molecular complexity index is 4940. The second-order valence-corrected chi connectivity index (χ2v) is 37.3. The van der Waals surface area contributed by atoms with Crippen molar-refractivity contribution in [3.05, 3.63) is 251 Å². The van der Waals surface area contributed by atoms with Crippen LogP contribution in [0.15, 0.2) is 218 Å². The maximum atomic E-state index is 12.7. The second kappa shape index (κ2) is 33.1. The van der Waals surface area contributed by atoms with Gasteiger partial charge >= 0.3 is 13.7 Å². The van der Waals surface area contributed by atoms with Crippen LogP contribution in [-0.4, -0.2) is 45.8 Å². The Hall–Kier alpha value is -9.19. The molecular formula is C95H108B2N6O2S2. The summed E-state index contributed by atoms with van der Waals surface area (Å²) in [7, 11) is 0. The summed E-state index contributed by atoms with van der Waals surface area (Å²) in [4.78, 5) is 15.7. The van der Waals surface area contributed by atoms with Gasteiger partial charge in [0.1, 0.15) is 33.2 Å². The Balaban J connectivity index is 1.22. The molecule has 4 aromatic heterocycles. The molecule has 6 atom stereocenters. The van der Waals surface area contributed by atoms with E-state index in [4.69, 9.17) is 24.3 Å². The van der Waals surface area contributed by atoms with Crippen molar-refractivity contribution in [3.63, 3.8) is 0 Å². The average Bonchev–Trinajstić information content (AvgIpc) is 1.52. The molecule has 0 N–H and O–H groups in total. The molecule has 0 saturated heterocycles. The Labute approximate surface area is 646 Å². The van der Waals surface area contributed by atoms with Crippen LogP contribution < -0.4 is 42.0 Å². The summed E-state index contributed by atoms with van der Waals surface area (Å²) >= 11 is 3.06.